The van der Waals surface area contributed by atoms with Crippen molar-refractivity contribution in [2.75, 3.05) is 10.6 Å². The second kappa shape index (κ2) is 5.61. The molecule has 0 aliphatic rings. The van der Waals surface area contributed by atoms with Crippen LogP contribution >= 0.6 is 11.3 Å². The van der Waals surface area contributed by atoms with Crippen LogP contribution in [0.1, 0.15) is 5.56 Å². The van der Waals surface area contributed by atoms with E-state index in [0.717, 1.165) is 10.2 Å². The zero-order valence-corrected chi connectivity index (χ0v) is 11.6. The van der Waals surface area contributed by atoms with Gasteiger partial charge < -0.3 is 5.32 Å². The number of para-hydroxylation sites is 1. The van der Waals surface area contributed by atoms with Crippen LogP contribution in [0.3, 0.4) is 0 Å². The molecule has 102 valence electrons. The van der Waals surface area contributed by atoms with Crippen LogP contribution in [-0.4, -0.2) is 11.0 Å². The Hall–Kier alpha value is -2.91. The van der Waals surface area contributed by atoms with Gasteiger partial charge in [0.05, 0.1) is 21.8 Å². The van der Waals surface area contributed by atoms with Gasteiger partial charge in [-0.05, 0) is 30.3 Å². The van der Waals surface area contributed by atoms with E-state index in [1.807, 2.05) is 30.3 Å². The molecule has 0 atom stereocenters. The molecule has 0 saturated heterocycles. The normalized spacial score (nSPS) is 10.0. The van der Waals surface area contributed by atoms with E-state index in [4.69, 9.17) is 5.26 Å². The summed E-state index contributed by atoms with van der Waals surface area (Å²) >= 11 is 1.41. The molecule has 0 aliphatic carbocycles. The minimum atomic E-state index is -0.385. The maximum atomic E-state index is 11.9. The van der Waals surface area contributed by atoms with Crippen LogP contribution in [-0.2, 0) is 0 Å². The first-order chi connectivity index (χ1) is 10.2. The molecular formula is C15H10N4OS. The van der Waals surface area contributed by atoms with E-state index in [1.54, 1.807) is 24.3 Å². The van der Waals surface area contributed by atoms with Gasteiger partial charge in [-0.3, -0.25) is 5.32 Å². The lowest BCUT2D eigenvalue weighted by Gasteiger charge is -2.05. The molecule has 2 amide bonds. The van der Waals surface area contributed by atoms with E-state index >= 15 is 0 Å². The molecule has 0 radical (unpaired) electrons. The lowest BCUT2D eigenvalue weighted by Crippen LogP contribution is -2.19. The van der Waals surface area contributed by atoms with Crippen LogP contribution < -0.4 is 10.6 Å². The Labute approximate surface area is 124 Å². The first kappa shape index (κ1) is 13.1. The van der Waals surface area contributed by atoms with Crippen molar-refractivity contribution in [1.29, 1.82) is 5.26 Å². The van der Waals surface area contributed by atoms with Crippen molar-refractivity contribution >= 4 is 38.4 Å². The zero-order valence-electron chi connectivity index (χ0n) is 10.8. The number of thiazole rings is 1. The molecule has 2 N–H and O–H groups in total. The van der Waals surface area contributed by atoms with Gasteiger partial charge in [0.25, 0.3) is 0 Å². The Balaban J connectivity index is 1.72. The van der Waals surface area contributed by atoms with Gasteiger partial charge >= 0.3 is 6.03 Å². The van der Waals surface area contributed by atoms with E-state index in [0.29, 0.717) is 16.4 Å². The van der Waals surface area contributed by atoms with Crippen molar-refractivity contribution in [2.24, 2.45) is 0 Å². The quantitative estimate of drug-likeness (QED) is 0.754. The molecule has 0 bridgehead atoms. The number of carbonyl (C=O) groups is 1. The van der Waals surface area contributed by atoms with Crippen LogP contribution in [0, 0.1) is 11.3 Å². The zero-order chi connectivity index (χ0) is 14.7. The number of hydrogen-bond donors (Lipinski definition) is 2. The lowest BCUT2D eigenvalue weighted by atomic mass is 10.2. The van der Waals surface area contributed by atoms with Gasteiger partial charge in [0.2, 0.25) is 0 Å². The summed E-state index contributed by atoms with van der Waals surface area (Å²) in [6, 6.07) is 16.0. The maximum Gasteiger partial charge on any atom is 0.325 e. The molecule has 0 unspecified atom stereocenters. The highest BCUT2D eigenvalue weighted by Crippen LogP contribution is 2.25. The summed E-state index contributed by atoms with van der Waals surface area (Å²) in [6.07, 6.45) is 0. The molecule has 0 fully saturated rings. The van der Waals surface area contributed by atoms with Crippen molar-refractivity contribution in [2.45, 2.75) is 0 Å². The van der Waals surface area contributed by atoms with Crippen molar-refractivity contribution in [1.82, 2.24) is 4.98 Å². The van der Waals surface area contributed by atoms with Gasteiger partial charge in [0.1, 0.15) is 0 Å². The average molecular weight is 294 g/mol. The molecule has 21 heavy (non-hydrogen) atoms. The second-order valence-electron chi connectivity index (χ2n) is 4.26. The van der Waals surface area contributed by atoms with Crippen molar-refractivity contribution in [3.05, 3.63) is 54.1 Å². The number of nitrogens with zero attached hydrogens (tertiary/aromatic N) is 2. The van der Waals surface area contributed by atoms with Gasteiger partial charge in [0, 0.05) is 5.69 Å². The van der Waals surface area contributed by atoms with Gasteiger partial charge in [0.15, 0.2) is 5.13 Å². The van der Waals surface area contributed by atoms with Crippen LogP contribution in [0.4, 0.5) is 15.6 Å². The number of benzene rings is 2. The molecule has 0 spiro atoms. The number of hydrogen-bond acceptors (Lipinski definition) is 4. The standard InChI is InChI=1S/C15H10N4OS/c16-9-10-4-3-5-11(8-10)17-14(20)19-15-18-12-6-1-2-7-13(12)21-15/h1-8H,(H2,17,18,19,20). The first-order valence-corrected chi connectivity index (χ1v) is 7.00. The van der Waals surface area contributed by atoms with Crippen molar-refractivity contribution in [3.63, 3.8) is 0 Å². The molecule has 3 rings (SSSR count). The Morgan fingerprint density at radius 3 is 2.81 bits per heavy atom. The Morgan fingerprint density at radius 1 is 1.14 bits per heavy atom. The number of aromatic nitrogens is 1. The maximum absolute atomic E-state index is 11.9. The molecule has 3 aromatic rings. The Kier molecular flexibility index (Phi) is 3.50. The third kappa shape index (κ3) is 2.99. The van der Waals surface area contributed by atoms with Crippen LogP contribution in [0.2, 0.25) is 0 Å². The van der Waals surface area contributed by atoms with Crippen LogP contribution in [0.5, 0.6) is 0 Å². The predicted molar refractivity (Wildman–Crippen MR) is 83.4 cm³/mol. The van der Waals surface area contributed by atoms with Crippen LogP contribution in [0.25, 0.3) is 10.2 Å². The van der Waals surface area contributed by atoms with Gasteiger partial charge in [-0.1, -0.05) is 29.5 Å². The lowest BCUT2D eigenvalue weighted by molar-refractivity contribution is 0.262. The smallest absolute Gasteiger partial charge is 0.308 e. The van der Waals surface area contributed by atoms with E-state index in [9.17, 15) is 4.79 Å². The van der Waals surface area contributed by atoms with Gasteiger partial charge in [-0.2, -0.15) is 5.26 Å². The highest BCUT2D eigenvalue weighted by molar-refractivity contribution is 7.22. The molecule has 6 heteroatoms. The summed E-state index contributed by atoms with van der Waals surface area (Å²) in [5, 5.41) is 14.7. The molecule has 2 aromatic carbocycles. The molecule has 1 heterocycles. The summed E-state index contributed by atoms with van der Waals surface area (Å²) in [5.41, 5.74) is 1.91. The summed E-state index contributed by atoms with van der Waals surface area (Å²) in [4.78, 5) is 16.2. The highest BCUT2D eigenvalue weighted by atomic mass is 32.1. The third-order valence-corrected chi connectivity index (χ3v) is 3.72. The highest BCUT2D eigenvalue weighted by Gasteiger charge is 2.07. The minimum absolute atomic E-state index is 0.385. The number of fused-ring (bicyclic) bond motifs is 1. The predicted octanol–water partition coefficient (Wildman–Crippen LogP) is 3.81. The number of rotatable bonds is 2. The summed E-state index contributed by atoms with van der Waals surface area (Å²) in [5.74, 6) is 0. The fourth-order valence-electron chi connectivity index (χ4n) is 1.85. The van der Waals surface area contributed by atoms with E-state index in [1.165, 1.54) is 11.3 Å². The van der Waals surface area contributed by atoms with E-state index in [-0.39, 0.29) is 6.03 Å². The summed E-state index contributed by atoms with van der Waals surface area (Å²) in [7, 11) is 0. The molecule has 5 nitrogen and oxygen atoms in total. The molecular weight excluding hydrogens is 284 g/mol. The van der Waals surface area contributed by atoms with E-state index in [2.05, 4.69) is 15.6 Å². The first-order valence-electron chi connectivity index (χ1n) is 6.18. The topological polar surface area (TPSA) is 77.8 Å². The molecule has 0 aliphatic heterocycles. The number of nitrogens with one attached hydrogen (secondary N) is 2. The fraction of sp³-hybridized carbons (Fsp3) is 0. The third-order valence-electron chi connectivity index (χ3n) is 2.76. The number of carbonyl (C=O) groups excluding carboxylic acids is 1. The summed E-state index contributed by atoms with van der Waals surface area (Å²) < 4.78 is 1.01. The molecule has 0 saturated carbocycles. The van der Waals surface area contributed by atoms with Gasteiger partial charge in [-0.15, -0.1) is 0 Å². The Morgan fingerprint density at radius 2 is 2.00 bits per heavy atom. The SMILES string of the molecule is N#Cc1cccc(NC(=O)Nc2nc3ccccc3s2)c1. The number of amides is 2. The fourth-order valence-corrected chi connectivity index (χ4v) is 2.71. The number of urea groups is 1. The van der Waals surface area contributed by atoms with Crippen LogP contribution in [0.15, 0.2) is 48.5 Å². The van der Waals surface area contributed by atoms with Crippen molar-refractivity contribution < 1.29 is 4.79 Å². The Bertz CT molecular complexity index is 817. The monoisotopic (exact) mass is 294 g/mol. The molecule has 1 aromatic heterocycles. The summed E-state index contributed by atoms with van der Waals surface area (Å²) in [6.45, 7) is 0. The average Bonchev–Trinajstić information content (AvgIpc) is 2.89. The van der Waals surface area contributed by atoms with Gasteiger partial charge in [-0.25, -0.2) is 9.78 Å². The second-order valence-corrected chi connectivity index (χ2v) is 5.29. The number of anilines is 2. The minimum Gasteiger partial charge on any atom is -0.308 e. The largest absolute Gasteiger partial charge is 0.325 e. The van der Waals surface area contributed by atoms with Crippen molar-refractivity contribution in [3.8, 4) is 6.07 Å². The van der Waals surface area contributed by atoms with E-state index < -0.39 is 0 Å². The number of nitriles is 1.